The minimum absolute atomic E-state index is 0.0550. The summed E-state index contributed by atoms with van der Waals surface area (Å²) in [4.78, 5) is 11.7. The highest BCUT2D eigenvalue weighted by molar-refractivity contribution is 9.10. The zero-order valence-electron chi connectivity index (χ0n) is 12.1. The summed E-state index contributed by atoms with van der Waals surface area (Å²) in [5, 5.41) is 0. The molecule has 0 N–H and O–H groups in total. The van der Waals surface area contributed by atoms with E-state index in [1.807, 2.05) is 24.3 Å². The van der Waals surface area contributed by atoms with E-state index < -0.39 is 5.82 Å². The summed E-state index contributed by atoms with van der Waals surface area (Å²) in [6.45, 7) is -0.0550. The Kier molecular flexibility index (Phi) is 5.95. The first-order valence-electron chi connectivity index (χ1n) is 6.81. The fourth-order valence-electron chi connectivity index (χ4n) is 1.91. The third-order valence-corrected chi connectivity index (χ3v) is 3.67. The van der Waals surface area contributed by atoms with Gasteiger partial charge in [0.25, 0.3) is 0 Å². The van der Waals surface area contributed by atoms with Crippen molar-refractivity contribution in [2.24, 2.45) is 0 Å². The fraction of sp³-hybridized carbons (Fsp3) is 0.235. The van der Waals surface area contributed by atoms with Gasteiger partial charge < -0.3 is 9.47 Å². The zero-order valence-corrected chi connectivity index (χ0v) is 13.7. The van der Waals surface area contributed by atoms with Crippen molar-refractivity contribution in [3.8, 4) is 5.75 Å². The number of rotatable bonds is 6. The van der Waals surface area contributed by atoms with Crippen LogP contribution in [0.4, 0.5) is 4.39 Å². The molecule has 0 atom stereocenters. The molecular formula is C17H16BrFO3. The summed E-state index contributed by atoms with van der Waals surface area (Å²) in [5.74, 6) is 0.0347. The van der Waals surface area contributed by atoms with Crippen LogP contribution in [0.25, 0.3) is 0 Å². The lowest BCUT2D eigenvalue weighted by Gasteiger charge is -2.07. The summed E-state index contributed by atoms with van der Waals surface area (Å²) in [5.41, 5.74) is 1.38. The molecule has 0 saturated heterocycles. The number of carbonyl (C=O) groups excluding carboxylic acids is 1. The Bertz CT molecular complexity index is 641. The Labute approximate surface area is 137 Å². The summed E-state index contributed by atoms with van der Waals surface area (Å²) in [7, 11) is 1.60. The van der Waals surface area contributed by atoms with Gasteiger partial charge in [-0.15, -0.1) is 0 Å². The number of methoxy groups -OCH3 is 1. The van der Waals surface area contributed by atoms with E-state index in [1.54, 1.807) is 19.2 Å². The molecule has 2 aromatic rings. The predicted molar refractivity (Wildman–Crippen MR) is 85.2 cm³/mol. The van der Waals surface area contributed by atoms with Crippen molar-refractivity contribution in [2.75, 3.05) is 7.11 Å². The van der Waals surface area contributed by atoms with E-state index in [-0.39, 0.29) is 19.0 Å². The van der Waals surface area contributed by atoms with Gasteiger partial charge >= 0.3 is 5.97 Å². The van der Waals surface area contributed by atoms with Gasteiger partial charge in [0.1, 0.15) is 18.2 Å². The van der Waals surface area contributed by atoms with Gasteiger partial charge in [-0.2, -0.15) is 0 Å². The molecule has 3 nitrogen and oxygen atoms in total. The number of aryl methyl sites for hydroxylation is 1. The molecule has 116 valence electrons. The van der Waals surface area contributed by atoms with Crippen LogP contribution >= 0.6 is 15.9 Å². The molecule has 0 unspecified atom stereocenters. The number of halogens is 2. The summed E-state index contributed by atoms with van der Waals surface area (Å²) in [6, 6.07) is 12.1. The van der Waals surface area contributed by atoms with Gasteiger partial charge in [-0.25, -0.2) is 4.39 Å². The van der Waals surface area contributed by atoms with Gasteiger partial charge in [0.2, 0.25) is 0 Å². The molecule has 22 heavy (non-hydrogen) atoms. The molecule has 0 heterocycles. The quantitative estimate of drug-likeness (QED) is 0.716. The van der Waals surface area contributed by atoms with Crippen LogP contribution in [0.15, 0.2) is 46.9 Å². The number of ether oxygens (including phenoxy) is 2. The van der Waals surface area contributed by atoms with Crippen molar-refractivity contribution < 1.29 is 18.7 Å². The minimum atomic E-state index is -0.391. The van der Waals surface area contributed by atoms with Crippen molar-refractivity contribution in [2.45, 2.75) is 19.4 Å². The first kappa shape index (κ1) is 16.5. The molecule has 0 radical (unpaired) electrons. The van der Waals surface area contributed by atoms with E-state index in [4.69, 9.17) is 9.47 Å². The highest BCUT2D eigenvalue weighted by Gasteiger charge is 2.08. The summed E-state index contributed by atoms with van der Waals surface area (Å²) >= 11 is 3.18. The highest BCUT2D eigenvalue weighted by atomic mass is 79.9. The third kappa shape index (κ3) is 4.84. The second-order valence-electron chi connectivity index (χ2n) is 4.74. The molecule has 2 aromatic carbocycles. The van der Waals surface area contributed by atoms with E-state index in [2.05, 4.69) is 15.9 Å². The van der Waals surface area contributed by atoms with Gasteiger partial charge in [0.05, 0.1) is 7.11 Å². The van der Waals surface area contributed by atoms with Crippen LogP contribution < -0.4 is 4.74 Å². The van der Waals surface area contributed by atoms with Crippen molar-refractivity contribution in [1.29, 1.82) is 0 Å². The van der Waals surface area contributed by atoms with Crippen LogP contribution in [0.2, 0.25) is 0 Å². The summed E-state index contributed by atoms with van der Waals surface area (Å²) in [6.07, 6.45) is 0.829. The van der Waals surface area contributed by atoms with Crippen molar-refractivity contribution in [3.05, 3.63) is 63.9 Å². The number of hydrogen-bond donors (Lipinski definition) is 0. The van der Waals surface area contributed by atoms with E-state index >= 15 is 0 Å². The van der Waals surface area contributed by atoms with Crippen molar-refractivity contribution in [3.63, 3.8) is 0 Å². The molecule has 2 rings (SSSR count). The molecule has 0 aromatic heterocycles. The average Bonchev–Trinajstić information content (AvgIpc) is 2.52. The summed E-state index contributed by atoms with van der Waals surface area (Å²) < 4.78 is 24.4. The Morgan fingerprint density at radius 3 is 2.55 bits per heavy atom. The van der Waals surface area contributed by atoms with E-state index in [0.29, 0.717) is 16.5 Å². The molecule has 0 amide bonds. The lowest BCUT2D eigenvalue weighted by atomic mass is 10.1. The maximum atomic E-state index is 13.6. The second-order valence-corrected chi connectivity index (χ2v) is 5.66. The van der Waals surface area contributed by atoms with Gasteiger partial charge in [-0.1, -0.05) is 34.1 Å². The molecule has 0 aliphatic rings. The average molecular weight is 367 g/mol. The molecular weight excluding hydrogens is 351 g/mol. The number of hydrogen-bond acceptors (Lipinski definition) is 3. The van der Waals surface area contributed by atoms with Gasteiger partial charge in [-0.3, -0.25) is 4.79 Å². The van der Waals surface area contributed by atoms with E-state index in [1.165, 1.54) is 6.07 Å². The van der Waals surface area contributed by atoms with Gasteiger partial charge in [0, 0.05) is 16.5 Å². The smallest absolute Gasteiger partial charge is 0.306 e. The molecule has 0 aliphatic carbocycles. The number of benzene rings is 2. The lowest BCUT2D eigenvalue weighted by Crippen LogP contribution is -2.07. The molecule has 0 aliphatic heterocycles. The largest absolute Gasteiger partial charge is 0.497 e. The Hall–Kier alpha value is -1.88. The van der Waals surface area contributed by atoms with Crippen LogP contribution in [-0.2, 0) is 22.6 Å². The SMILES string of the molecule is COc1ccc(CCC(=O)OCc2ccc(Br)cc2F)cc1. The minimum Gasteiger partial charge on any atom is -0.497 e. The fourth-order valence-corrected chi connectivity index (χ4v) is 2.24. The molecule has 0 saturated carbocycles. The predicted octanol–water partition coefficient (Wildman–Crippen LogP) is 4.27. The van der Waals surface area contributed by atoms with Crippen LogP contribution in [0.1, 0.15) is 17.5 Å². The molecule has 0 spiro atoms. The Morgan fingerprint density at radius 1 is 1.18 bits per heavy atom. The van der Waals surface area contributed by atoms with Gasteiger partial charge in [-0.05, 0) is 36.2 Å². The number of carbonyl (C=O) groups is 1. The van der Waals surface area contributed by atoms with Crippen LogP contribution in [0.3, 0.4) is 0 Å². The molecule has 5 heteroatoms. The maximum Gasteiger partial charge on any atom is 0.306 e. The van der Waals surface area contributed by atoms with Crippen molar-refractivity contribution >= 4 is 21.9 Å². The number of esters is 1. The lowest BCUT2D eigenvalue weighted by molar-refractivity contribution is -0.144. The Balaban J connectivity index is 1.80. The molecule has 0 bridgehead atoms. The first-order valence-corrected chi connectivity index (χ1v) is 7.60. The topological polar surface area (TPSA) is 35.5 Å². The van der Waals surface area contributed by atoms with Crippen LogP contribution in [-0.4, -0.2) is 13.1 Å². The van der Waals surface area contributed by atoms with Gasteiger partial charge in [0.15, 0.2) is 0 Å². The third-order valence-electron chi connectivity index (χ3n) is 3.18. The Morgan fingerprint density at radius 2 is 1.91 bits per heavy atom. The second kappa shape index (κ2) is 7.94. The van der Waals surface area contributed by atoms with Crippen LogP contribution in [0, 0.1) is 5.82 Å². The monoisotopic (exact) mass is 366 g/mol. The zero-order chi connectivity index (χ0) is 15.9. The standard InChI is InChI=1S/C17H16BrFO3/c1-21-15-7-2-12(3-8-15)4-9-17(20)22-11-13-5-6-14(18)10-16(13)19/h2-3,5-8,10H,4,9,11H2,1H3. The van der Waals surface area contributed by atoms with Crippen LogP contribution in [0.5, 0.6) is 5.75 Å². The first-order chi connectivity index (χ1) is 10.6. The molecule has 0 fully saturated rings. The van der Waals surface area contributed by atoms with E-state index in [0.717, 1.165) is 11.3 Å². The normalized spacial score (nSPS) is 10.3. The van der Waals surface area contributed by atoms with Crippen molar-refractivity contribution in [1.82, 2.24) is 0 Å². The maximum absolute atomic E-state index is 13.6. The van der Waals surface area contributed by atoms with E-state index in [9.17, 15) is 9.18 Å². The highest BCUT2D eigenvalue weighted by Crippen LogP contribution is 2.16.